The van der Waals surface area contributed by atoms with Gasteiger partial charge in [-0.15, -0.1) is 0 Å². The number of benzene rings is 2. The monoisotopic (exact) mass is 472 g/mol. The molecule has 1 aliphatic heterocycles. The first-order chi connectivity index (χ1) is 12.7. The Labute approximate surface area is 168 Å². The molecule has 1 fully saturated rings. The average Bonchev–Trinajstić information content (AvgIpc) is 2.62. The molecule has 0 aromatic heterocycles. The topological polar surface area (TPSA) is 83.6 Å². The van der Waals surface area contributed by atoms with Crippen LogP contribution >= 0.6 is 15.9 Å². The van der Waals surface area contributed by atoms with Crippen LogP contribution in [0.1, 0.15) is 19.8 Å². The second kappa shape index (κ2) is 7.90. The number of anilines is 1. The standard InChI is InChI=1S/C18H21BrN2O4S2/c1-14-5-4-12-21(13-14)27(24,25)16-10-8-15(9-11-16)20-26(22,23)18-7-3-2-6-17(18)19/h2-3,6-11,14,20H,4-5,12-13H2,1H3. The Hall–Kier alpha value is -1.42. The van der Waals surface area contributed by atoms with Gasteiger partial charge in [-0.1, -0.05) is 19.1 Å². The molecule has 1 N–H and O–H groups in total. The van der Waals surface area contributed by atoms with E-state index in [4.69, 9.17) is 0 Å². The van der Waals surface area contributed by atoms with Crippen molar-refractivity contribution in [2.45, 2.75) is 29.6 Å². The van der Waals surface area contributed by atoms with Crippen molar-refractivity contribution < 1.29 is 16.8 Å². The van der Waals surface area contributed by atoms with E-state index >= 15 is 0 Å². The Kier molecular flexibility index (Phi) is 5.95. The molecule has 0 amide bonds. The molecule has 3 rings (SSSR count). The smallest absolute Gasteiger partial charge is 0.263 e. The molecule has 146 valence electrons. The van der Waals surface area contributed by atoms with Gasteiger partial charge in [0.2, 0.25) is 10.0 Å². The van der Waals surface area contributed by atoms with Gasteiger partial charge >= 0.3 is 0 Å². The van der Waals surface area contributed by atoms with Gasteiger partial charge in [0.1, 0.15) is 4.90 Å². The molecule has 0 spiro atoms. The number of nitrogens with one attached hydrogen (secondary N) is 1. The Morgan fingerprint density at radius 3 is 2.33 bits per heavy atom. The Balaban J connectivity index is 1.80. The molecule has 0 saturated carbocycles. The van der Waals surface area contributed by atoms with E-state index in [0.29, 0.717) is 29.2 Å². The number of nitrogens with zero attached hydrogens (tertiary/aromatic N) is 1. The predicted octanol–water partition coefficient (Wildman–Crippen LogP) is 3.67. The van der Waals surface area contributed by atoms with Crippen molar-refractivity contribution in [2.75, 3.05) is 17.8 Å². The zero-order chi connectivity index (χ0) is 19.7. The van der Waals surface area contributed by atoms with Gasteiger partial charge in [-0.2, -0.15) is 4.31 Å². The lowest BCUT2D eigenvalue weighted by Crippen LogP contribution is -2.39. The summed E-state index contributed by atoms with van der Waals surface area (Å²) < 4.78 is 55.0. The fraction of sp³-hybridized carbons (Fsp3) is 0.333. The summed E-state index contributed by atoms with van der Waals surface area (Å²) >= 11 is 3.23. The summed E-state index contributed by atoms with van der Waals surface area (Å²) in [5.74, 6) is 0.337. The molecule has 1 unspecified atom stereocenters. The van der Waals surface area contributed by atoms with Gasteiger partial charge in [0.05, 0.1) is 4.90 Å². The average molecular weight is 473 g/mol. The lowest BCUT2D eigenvalue weighted by molar-refractivity contribution is 0.281. The highest BCUT2D eigenvalue weighted by Gasteiger charge is 2.28. The lowest BCUT2D eigenvalue weighted by atomic mass is 10.0. The van der Waals surface area contributed by atoms with Crippen LogP contribution in [-0.4, -0.2) is 34.2 Å². The molecule has 2 aromatic carbocycles. The SMILES string of the molecule is CC1CCCN(S(=O)(=O)c2ccc(NS(=O)(=O)c3ccccc3Br)cc2)C1. The van der Waals surface area contributed by atoms with Gasteiger partial charge in [0.25, 0.3) is 10.0 Å². The lowest BCUT2D eigenvalue weighted by Gasteiger charge is -2.30. The first kappa shape index (κ1) is 20.3. The van der Waals surface area contributed by atoms with Crippen molar-refractivity contribution in [1.82, 2.24) is 4.31 Å². The predicted molar refractivity (Wildman–Crippen MR) is 109 cm³/mol. The van der Waals surface area contributed by atoms with E-state index in [0.717, 1.165) is 12.8 Å². The molecule has 27 heavy (non-hydrogen) atoms. The number of halogens is 1. The Morgan fingerprint density at radius 2 is 1.70 bits per heavy atom. The van der Waals surface area contributed by atoms with Crippen molar-refractivity contribution in [3.63, 3.8) is 0 Å². The van der Waals surface area contributed by atoms with Gasteiger partial charge in [0, 0.05) is 23.2 Å². The van der Waals surface area contributed by atoms with Crippen LogP contribution in [-0.2, 0) is 20.0 Å². The molecule has 0 bridgehead atoms. The van der Waals surface area contributed by atoms with Gasteiger partial charge in [-0.3, -0.25) is 4.72 Å². The van der Waals surface area contributed by atoms with Crippen LogP contribution in [0, 0.1) is 5.92 Å². The Morgan fingerprint density at radius 1 is 1.04 bits per heavy atom. The number of hydrogen-bond acceptors (Lipinski definition) is 4. The van der Waals surface area contributed by atoms with Gasteiger partial charge in [-0.25, -0.2) is 16.8 Å². The largest absolute Gasteiger partial charge is 0.280 e. The second-order valence-electron chi connectivity index (χ2n) is 6.67. The minimum Gasteiger partial charge on any atom is -0.280 e. The normalized spacial score (nSPS) is 19.0. The van der Waals surface area contributed by atoms with E-state index in [2.05, 4.69) is 20.7 Å². The van der Waals surface area contributed by atoms with Crippen LogP contribution in [0.4, 0.5) is 5.69 Å². The summed E-state index contributed by atoms with van der Waals surface area (Å²) in [5.41, 5.74) is 0.303. The number of rotatable bonds is 5. The van der Waals surface area contributed by atoms with Gasteiger partial charge in [0.15, 0.2) is 0 Å². The van der Waals surface area contributed by atoms with Crippen molar-refractivity contribution in [3.8, 4) is 0 Å². The molecule has 2 aromatic rings. The van der Waals surface area contributed by atoms with Crippen LogP contribution in [0.2, 0.25) is 0 Å². The third-order valence-electron chi connectivity index (χ3n) is 4.49. The van der Waals surface area contributed by atoms with E-state index in [1.54, 1.807) is 18.2 Å². The maximum absolute atomic E-state index is 12.8. The summed E-state index contributed by atoms with van der Waals surface area (Å²) in [4.78, 5) is 0.282. The maximum Gasteiger partial charge on any atom is 0.263 e. The summed E-state index contributed by atoms with van der Waals surface area (Å²) in [6.45, 7) is 3.07. The van der Waals surface area contributed by atoms with Crippen LogP contribution in [0.15, 0.2) is 62.8 Å². The number of sulfonamides is 2. The van der Waals surface area contributed by atoms with Crippen molar-refractivity contribution >= 4 is 41.7 Å². The molecule has 0 radical (unpaired) electrons. The van der Waals surface area contributed by atoms with Crippen LogP contribution < -0.4 is 4.72 Å². The summed E-state index contributed by atoms with van der Waals surface area (Å²) in [5, 5.41) is 0. The highest BCUT2D eigenvalue weighted by atomic mass is 79.9. The van der Waals surface area contributed by atoms with E-state index in [-0.39, 0.29) is 9.79 Å². The first-order valence-electron chi connectivity index (χ1n) is 8.58. The quantitative estimate of drug-likeness (QED) is 0.719. The fourth-order valence-corrected chi connectivity index (χ4v) is 6.74. The van der Waals surface area contributed by atoms with Crippen molar-refractivity contribution in [1.29, 1.82) is 0 Å². The third-order valence-corrected chi connectivity index (χ3v) is 8.76. The van der Waals surface area contributed by atoms with Crippen LogP contribution in [0.3, 0.4) is 0 Å². The fourth-order valence-electron chi connectivity index (χ4n) is 3.08. The number of hydrogen-bond donors (Lipinski definition) is 1. The van der Waals surface area contributed by atoms with E-state index in [9.17, 15) is 16.8 Å². The van der Waals surface area contributed by atoms with E-state index in [1.165, 1.54) is 34.6 Å². The van der Waals surface area contributed by atoms with Crippen LogP contribution in [0.25, 0.3) is 0 Å². The summed E-state index contributed by atoms with van der Waals surface area (Å²) in [6.07, 6.45) is 1.88. The molecule has 9 heteroatoms. The Bertz CT molecular complexity index is 1020. The zero-order valence-electron chi connectivity index (χ0n) is 14.8. The highest BCUT2D eigenvalue weighted by Crippen LogP contribution is 2.26. The van der Waals surface area contributed by atoms with Crippen molar-refractivity contribution in [3.05, 3.63) is 53.0 Å². The first-order valence-corrected chi connectivity index (χ1v) is 12.3. The maximum atomic E-state index is 12.8. The minimum atomic E-state index is -3.78. The van der Waals surface area contributed by atoms with Gasteiger partial charge in [-0.05, 0) is 71.1 Å². The summed E-state index contributed by atoms with van der Waals surface area (Å²) in [7, 11) is -7.34. The second-order valence-corrected chi connectivity index (χ2v) is 11.1. The van der Waals surface area contributed by atoms with Crippen molar-refractivity contribution in [2.24, 2.45) is 5.92 Å². The van der Waals surface area contributed by atoms with Gasteiger partial charge < -0.3 is 0 Å². The van der Waals surface area contributed by atoms with Crippen LogP contribution in [0.5, 0.6) is 0 Å². The van der Waals surface area contributed by atoms with E-state index < -0.39 is 20.0 Å². The molecule has 1 atom stereocenters. The molecule has 6 nitrogen and oxygen atoms in total. The number of piperidine rings is 1. The molecule has 0 aliphatic carbocycles. The minimum absolute atomic E-state index is 0.115. The zero-order valence-corrected chi connectivity index (χ0v) is 18.0. The molecule has 1 saturated heterocycles. The highest BCUT2D eigenvalue weighted by molar-refractivity contribution is 9.10. The summed E-state index contributed by atoms with van der Waals surface area (Å²) in [6, 6.07) is 12.3. The molecule has 1 heterocycles. The third kappa shape index (κ3) is 4.53. The molecular weight excluding hydrogens is 452 g/mol. The molecule has 1 aliphatic rings. The van der Waals surface area contributed by atoms with E-state index in [1.807, 2.05) is 6.92 Å². The molecular formula is C18H21BrN2O4S2.